The van der Waals surface area contributed by atoms with Gasteiger partial charge in [0.05, 0.1) is 13.5 Å². The Morgan fingerprint density at radius 2 is 1.94 bits per heavy atom. The molecule has 0 heterocycles. The molecule has 0 saturated carbocycles. The van der Waals surface area contributed by atoms with E-state index in [-0.39, 0.29) is 24.1 Å². The Balaban J connectivity index is 2.89. The summed E-state index contributed by atoms with van der Waals surface area (Å²) in [5, 5.41) is 0. The van der Waals surface area contributed by atoms with Gasteiger partial charge in [0, 0.05) is 11.5 Å². The number of hydrogen-bond acceptors (Lipinski definition) is 3. The molecule has 1 aromatic carbocycles. The molecule has 0 fully saturated rings. The van der Waals surface area contributed by atoms with Crippen LogP contribution in [0.4, 0.5) is 0 Å². The summed E-state index contributed by atoms with van der Waals surface area (Å²) in [6.07, 6.45) is 0.128. The van der Waals surface area contributed by atoms with E-state index in [4.69, 9.17) is 0 Å². The topological polar surface area (TPSA) is 43.4 Å². The van der Waals surface area contributed by atoms with Gasteiger partial charge in [-0.05, 0) is 25.0 Å². The van der Waals surface area contributed by atoms with E-state index in [1.54, 1.807) is 13.0 Å². The van der Waals surface area contributed by atoms with Gasteiger partial charge in [0.1, 0.15) is 0 Å². The quantitative estimate of drug-likeness (QED) is 0.594. The highest BCUT2D eigenvalue weighted by Gasteiger charge is 2.20. The van der Waals surface area contributed by atoms with Gasteiger partial charge in [-0.25, -0.2) is 0 Å². The van der Waals surface area contributed by atoms with Gasteiger partial charge in [-0.2, -0.15) is 0 Å². The minimum absolute atomic E-state index is 0.00315. The van der Waals surface area contributed by atoms with Crippen LogP contribution in [-0.4, -0.2) is 18.9 Å². The number of hydrogen-bond donors (Lipinski definition) is 0. The van der Waals surface area contributed by atoms with Gasteiger partial charge >= 0.3 is 5.97 Å². The molecule has 0 amide bonds. The second-order valence-corrected chi connectivity index (χ2v) is 4.29. The van der Waals surface area contributed by atoms with E-state index in [2.05, 4.69) is 4.74 Å². The molecule has 92 valence electrons. The molecule has 0 aliphatic heterocycles. The van der Waals surface area contributed by atoms with Crippen LogP contribution in [0, 0.1) is 19.8 Å². The van der Waals surface area contributed by atoms with Crippen molar-refractivity contribution < 1.29 is 14.3 Å². The van der Waals surface area contributed by atoms with Gasteiger partial charge < -0.3 is 4.74 Å². The van der Waals surface area contributed by atoms with Crippen LogP contribution in [0.1, 0.15) is 34.8 Å². The molecule has 1 aromatic rings. The normalized spacial score (nSPS) is 12.0. The molecule has 0 radical (unpaired) electrons. The average molecular weight is 234 g/mol. The first-order chi connectivity index (χ1) is 7.97. The van der Waals surface area contributed by atoms with Crippen LogP contribution in [0.2, 0.25) is 0 Å². The third-order valence-electron chi connectivity index (χ3n) is 3.02. The van der Waals surface area contributed by atoms with Gasteiger partial charge in [-0.1, -0.05) is 25.1 Å². The van der Waals surface area contributed by atoms with Crippen LogP contribution in [0.5, 0.6) is 0 Å². The summed E-state index contributed by atoms with van der Waals surface area (Å²) in [6, 6.07) is 5.63. The van der Waals surface area contributed by atoms with E-state index >= 15 is 0 Å². The van der Waals surface area contributed by atoms with E-state index in [1.807, 2.05) is 26.0 Å². The number of ketones is 1. The van der Waals surface area contributed by atoms with E-state index in [0.29, 0.717) is 5.56 Å². The lowest BCUT2D eigenvalue weighted by atomic mass is 9.92. The largest absolute Gasteiger partial charge is 0.469 e. The van der Waals surface area contributed by atoms with E-state index in [1.165, 1.54) is 7.11 Å². The Morgan fingerprint density at radius 1 is 1.29 bits per heavy atom. The van der Waals surface area contributed by atoms with E-state index < -0.39 is 0 Å². The molecule has 0 aliphatic carbocycles. The van der Waals surface area contributed by atoms with Crippen molar-refractivity contribution in [1.82, 2.24) is 0 Å². The minimum Gasteiger partial charge on any atom is -0.469 e. The lowest BCUT2D eigenvalue weighted by Gasteiger charge is -2.12. The molecule has 0 spiro atoms. The SMILES string of the molecule is COC(=O)CC(C)C(=O)c1cccc(C)c1C. The van der Waals surface area contributed by atoms with Crippen LogP contribution < -0.4 is 0 Å². The Kier molecular flexibility index (Phi) is 4.44. The van der Waals surface area contributed by atoms with Crippen molar-refractivity contribution in [2.75, 3.05) is 7.11 Å². The number of rotatable bonds is 4. The van der Waals surface area contributed by atoms with E-state index in [0.717, 1.165) is 11.1 Å². The van der Waals surface area contributed by atoms with Crippen LogP contribution in [-0.2, 0) is 9.53 Å². The summed E-state index contributed by atoms with van der Waals surface area (Å²) < 4.78 is 4.57. The molecule has 1 rings (SSSR count). The maximum atomic E-state index is 12.2. The number of carbonyl (C=O) groups is 2. The minimum atomic E-state index is -0.351. The number of aryl methyl sites for hydroxylation is 1. The monoisotopic (exact) mass is 234 g/mol. The van der Waals surface area contributed by atoms with Gasteiger partial charge in [-0.15, -0.1) is 0 Å². The van der Waals surface area contributed by atoms with Crippen molar-refractivity contribution >= 4 is 11.8 Å². The lowest BCUT2D eigenvalue weighted by Crippen LogP contribution is -2.17. The lowest BCUT2D eigenvalue weighted by molar-refractivity contribution is -0.141. The van der Waals surface area contributed by atoms with Crippen molar-refractivity contribution in [3.8, 4) is 0 Å². The van der Waals surface area contributed by atoms with E-state index in [9.17, 15) is 9.59 Å². The first-order valence-corrected chi connectivity index (χ1v) is 5.64. The molecule has 3 heteroatoms. The summed E-state index contributed by atoms with van der Waals surface area (Å²) in [5.74, 6) is -0.698. The molecule has 0 aliphatic rings. The van der Waals surface area contributed by atoms with Crippen LogP contribution >= 0.6 is 0 Å². The van der Waals surface area contributed by atoms with Crippen molar-refractivity contribution in [3.05, 3.63) is 34.9 Å². The van der Waals surface area contributed by atoms with Crippen molar-refractivity contribution in [1.29, 1.82) is 0 Å². The van der Waals surface area contributed by atoms with Gasteiger partial charge in [0.15, 0.2) is 5.78 Å². The molecule has 0 saturated heterocycles. The smallest absolute Gasteiger partial charge is 0.306 e. The molecule has 0 aromatic heterocycles. The number of benzene rings is 1. The standard InChI is InChI=1S/C14H18O3/c1-9-6-5-7-12(11(9)3)14(16)10(2)8-13(15)17-4/h5-7,10H,8H2,1-4H3. The molecule has 1 unspecified atom stereocenters. The molecule has 0 N–H and O–H groups in total. The summed E-state index contributed by atoms with van der Waals surface area (Å²) in [4.78, 5) is 23.3. The highest BCUT2D eigenvalue weighted by atomic mass is 16.5. The zero-order chi connectivity index (χ0) is 13.0. The fraction of sp³-hybridized carbons (Fsp3) is 0.429. The first-order valence-electron chi connectivity index (χ1n) is 5.64. The highest BCUT2D eigenvalue weighted by molar-refractivity contribution is 6.00. The molecular formula is C14H18O3. The van der Waals surface area contributed by atoms with Crippen molar-refractivity contribution in [2.24, 2.45) is 5.92 Å². The average Bonchev–Trinajstić information content (AvgIpc) is 2.31. The molecule has 0 bridgehead atoms. The molecular weight excluding hydrogens is 216 g/mol. The molecule has 17 heavy (non-hydrogen) atoms. The zero-order valence-electron chi connectivity index (χ0n) is 10.7. The summed E-state index contributed by atoms with van der Waals surface area (Å²) in [6.45, 7) is 5.64. The zero-order valence-corrected chi connectivity index (χ0v) is 10.7. The highest BCUT2D eigenvalue weighted by Crippen LogP contribution is 2.18. The van der Waals surface area contributed by atoms with Crippen LogP contribution in [0.3, 0.4) is 0 Å². The Labute approximate surface area is 102 Å². The summed E-state index contributed by atoms with van der Waals surface area (Å²) >= 11 is 0. The predicted octanol–water partition coefficient (Wildman–Crippen LogP) is 2.69. The summed E-state index contributed by atoms with van der Waals surface area (Å²) in [5.41, 5.74) is 2.76. The number of methoxy groups -OCH3 is 1. The number of carbonyl (C=O) groups excluding carboxylic acids is 2. The fourth-order valence-electron chi connectivity index (χ4n) is 1.71. The van der Waals surface area contributed by atoms with Crippen molar-refractivity contribution in [3.63, 3.8) is 0 Å². The maximum absolute atomic E-state index is 12.2. The van der Waals surface area contributed by atoms with Gasteiger partial charge in [-0.3, -0.25) is 9.59 Å². The summed E-state index contributed by atoms with van der Waals surface area (Å²) in [7, 11) is 1.33. The second-order valence-electron chi connectivity index (χ2n) is 4.29. The Hall–Kier alpha value is -1.64. The van der Waals surface area contributed by atoms with Crippen LogP contribution in [0.25, 0.3) is 0 Å². The molecule has 3 nitrogen and oxygen atoms in total. The van der Waals surface area contributed by atoms with Crippen molar-refractivity contribution in [2.45, 2.75) is 27.2 Å². The molecule has 1 atom stereocenters. The third-order valence-corrected chi connectivity index (χ3v) is 3.02. The first kappa shape index (κ1) is 13.4. The second kappa shape index (κ2) is 5.62. The van der Waals surface area contributed by atoms with Crippen LogP contribution in [0.15, 0.2) is 18.2 Å². The number of esters is 1. The third kappa shape index (κ3) is 3.16. The Bertz CT molecular complexity index is 435. The number of ether oxygens (including phenoxy) is 1. The fourth-order valence-corrected chi connectivity index (χ4v) is 1.71. The predicted molar refractivity (Wildman–Crippen MR) is 66.0 cm³/mol. The maximum Gasteiger partial charge on any atom is 0.306 e. The number of Topliss-reactive ketones (excluding diaryl/α,β-unsaturated/α-hetero) is 1. The van der Waals surface area contributed by atoms with Gasteiger partial charge in [0.2, 0.25) is 0 Å². The van der Waals surface area contributed by atoms with Gasteiger partial charge in [0.25, 0.3) is 0 Å². The Morgan fingerprint density at radius 3 is 2.53 bits per heavy atom.